The summed E-state index contributed by atoms with van der Waals surface area (Å²) < 4.78 is 0. The monoisotopic (exact) mass is 314 g/mol. The van der Waals surface area contributed by atoms with E-state index in [0.29, 0.717) is 0 Å². The molecule has 3 rings (SSSR count). The van der Waals surface area contributed by atoms with Crippen molar-refractivity contribution in [2.75, 3.05) is 0 Å². The van der Waals surface area contributed by atoms with Crippen LogP contribution in [0.5, 0.6) is 0 Å². The molecule has 0 amide bonds. The first-order valence-electron chi connectivity index (χ1n) is 8.66. The quantitative estimate of drug-likeness (QED) is 0.490. The molecule has 0 saturated carbocycles. The van der Waals surface area contributed by atoms with Gasteiger partial charge in [-0.3, -0.25) is 0 Å². The second-order valence-electron chi connectivity index (χ2n) is 7.06. The van der Waals surface area contributed by atoms with Gasteiger partial charge in [0.1, 0.15) is 0 Å². The fourth-order valence-electron chi connectivity index (χ4n) is 3.43. The van der Waals surface area contributed by atoms with Gasteiger partial charge in [-0.25, -0.2) is 0 Å². The molecule has 0 heterocycles. The minimum Gasteiger partial charge on any atom is -0.0590 e. The zero-order valence-electron chi connectivity index (χ0n) is 15.4. The molecule has 0 heteroatoms. The molecule has 0 bridgehead atoms. The summed E-state index contributed by atoms with van der Waals surface area (Å²) in [5.41, 5.74) is 10.8. The number of benzene rings is 3. The van der Waals surface area contributed by atoms with Crippen molar-refractivity contribution in [3.05, 3.63) is 105 Å². The third-order valence-electron chi connectivity index (χ3n) is 4.90. The molecule has 0 radical (unpaired) electrons. The molecule has 0 spiro atoms. The average molecular weight is 314 g/mol. The van der Waals surface area contributed by atoms with Gasteiger partial charge in [-0.2, -0.15) is 0 Å². The van der Waals surface area contributed by atoms with Crippen LogP contribution >= 0.6 is 0 Å². The van der Waals surface area contributed by atoms with E-state index in [4.69, 9.17) is 0 Å². The Morgan fingerprint density at radius 1 is 0.500 bits per heavy atom. The molecule has 24 heavy (non-hydrogen) atoms. The van der Waals surface area contributed by atoms with E-state index >= 15 is 0 Å². The molecule has 0 N–H and O–H groups in total. The van der Waals surface area contributed by atoms with Gasteiger partial charge < -0.3 is 0 Å². The molecule has 0 unspecified atom stereocenters. The van der Waals surface area contributed by atoms with Gasteiger partial charge in [0.15, 0.2) is 0 Å². The van der Waals surface area contributed by atoms with Gasteiger partial charge in [-0.15, -0.1) is 0 Å². The number of hydrogen-bond donors (Lipinski definition) is 0. The van der Waals surface area contributed by atoms with Gasteiger partial charge >= 0.3 is 0 Å². The third kappa shape index (κ3) is 3.28. The van der Waals surface area contributed by atoms with Crippen LogP contribution in [-0.4, -0.2) is 0 Å². The van der Waals surface area contributed by atoms with Crippen LogP contribution in [0.2, 0.25) is 0 Å². The maximum absolute atomic E-state index is 2.35. The first-order valence-corrected chi connectivity index (χ1v) is 8.66. The molecule has 122 valence electrons. The lowest BCUT2D eigenvalue weighted by atomic mass is 9.80. The molecule has 0 nitrogen and oxygen atoms in total. The van der Waals surface area contributed by atoms with E-state index in [1.165, 1.54) is 44.5 Å². The van der Waals surface area contributed by atoms with Gasteiger partial charge in [-0.05, 0) is 62.4 Å². The van der Waals surface area contributed by atoms with Crippen LogP contribution in [-0.2, 0) is 0 Å². The normalized spacial score (nSPS) is 11.1. The molecule has 0 aliphatic rings. The second kappa shape index (κ2) is 6.65. The highest BCUT2D eigenvalue weighted by atomic mass is 14.2. The SMILES string of the molecule is Cc1ccc(C(c2cc(C)ccc2C)c2cc(C)ccc2C)cc1. The summed E-state index contributed by atoms with van der Waals surface area (Å²) in [5, 5.41) is 0. The highest BCUT2D eigenvalue weighted by Gasteiger charge is 2.20. The lowest BCUT2D eigenvalue weighted by Gasteiger charge is -2.24. The molecule has 0 aliphatic heterocycles. The Balaban J connectivity index is 2.26. The summed E-state index contributed by atoms with van der Waals surface area (Å²) in [5.74, 6) is 0.283. The smallest absolute Gasteiger partial charge is 0.0345 e. The predicted molar refractivity (Wildman–Crippen MR) is 104 cm³/mol. The summed E-state index contributed by atoms with van der Waals surface area (Å²) >= 11 is 0. The third-order valence-corrected chi connectivity index (χ3v) is 4.90. The van der Waals surface area contributed by atoms with Crippen LogP contribution in [0.25, 0.3) is 0 Å². The summed E-state index contributed by atoms with van der Waals surface area (Å²) in [4.78, 5) is 0. The Morgan fingerprint density at radius 2 is 0.917 bits per heavy atom. The van der Waals surface area contributed by atoms with E-state index in [1.54, 1.807) is 0 Å². The number of rotatable bonds is 3. The molecule has 3 aromatic carbocycles. The van der Waals surface area contributed by atoms with Crippen molar-refractivity contribution in [1.29, 1.82) is 0 Å². The summed E-state index contributed by atoms with van der Waals surface area (Å²) in [6.45, 7) is 11.0. The number of aryl methyl sites for hydroxylation is 5. The molecule has 0 fully saturated rings. The summed E-state index contributed by atoms with van der Waals surface area (Å²) in [6, 6.07) is 22.6. The van der Waals surface area contributed by atoms with Crippen molar-refractivity contribution in [3.8, 4) is 0 Å². The average Bonchev–Trinajstić information content (AvgIpc) is 2.56. The van der Waals surface area contributed by atoms with Crippen molar-refractivity contribution in [2.45, 2.75) is 40.5 Å². The summed E-state index contributed by atoms with van der Waals surface area (Å²) in [7, 11) is 0. The van der Waals surface area contributed by atoms with E-state index in [2.05, 4.69) is 95.3 Å². The van der Waals surface area contributed by atoms with Crippen molar-refractivity contribution in [2.24, 2.45) is 0 Å². The molecular formula is C24H26. The van der Waals surface area contributed by atoms with Crippen molar-refractivity contribution >= 4 is 0 Å². The topological polar surface area (TPSA) is 0 Å². The Bertz CT molecular complexity index is 802. The molecule has 0 aromatic heterocycles. The zero-order valence-corrected chi connectivity index (χ0v) is 15.4. The van der Waals surface area contributed by atoms with E-state index in [9.17, 15) is 0 Å². The fourth-order valence-corrected chi connectivity index (χ4v) is 3.43. The number of hydrogen-bond acceptors (Lipinski definition) is 0. The maximum atomic E-state index is 2.35. The lowest BCUT2D eigenvalue weighted by molar-refractivity contribution is 0.942. The van der Waals surface area contributed by atoms with Gasteiger partial charge in [0.2, 0.25) is 0 Å². The lowest BCUT2D eigenvalue weighted by Crippen LogP contribution is -2.08. The molecule has 0 aliphatic carbocycles. The van der Waals surface area contributed by atoms with Crippen molar-refractivity contribution < 1.29 is 0 Å². The highest BCUT2D eigenvalue weighted by molar-refractivity contribution is 5.50. The van der Waals surface area contributed by atoms with Crippen LogP contribution < -0.4 is 0 Å². The van der Waals surface area contributed by atoms with Crippen molar-refractivity contribution in [3.63, 3.8) is 0 Å². The maximum Gasteiger partial charge on any atom is 0.0345 e. The zero-order chi connectivity index (χ0) is 17.3. The van der Waals surface area contributed by atoms with Crippen LogP contribution in [0.15, 0.2) is 60.7 Å². The van der Waals surface area contributed by atoms with Crippen LogP contribution in [0.3, 0.4) is 0 Å². The first kappa shape index (κ1) is 16.5. The summed E-state index contributed by atoms with van der Waals surface area (Å²) in [6.07, 6.45) is 0. The second-order valence-corrected chi connectivity index (χ2v) is 7.06. The standard InChI is InChI=1S/C24H26/c1-16-8-12-21(13-9-16)24(22-14-17(2)6-10-19(22)4)23-15-18(3)7-11-20(23)5/h6-15,24H,1-5H3. The molecule has 0 saturated heterocycles. The van der Waals surface area contributed by atoms with Gasteiger partial charge in [-0.1, -0.05) is 77.4 Å². The molecular weight excluding hydrogens is 288 g/mol. The van der Waals surface area contributed by atoms with E-state index in [-0.39, 0.29) is 5.92 Å². The highest BCUT2D eigenvalue weighted by Crippen LogP contribution is 2.36. The van der Waals surface area contributed by atoms with Crippen LogP contribution in [0, 0.1) is 34.6 Å². The fraction of sp³-hybridized carbons (Fsp3) is 0.250. The Labute approximate surface area is 146 Å². The Kier molecular flexibility index (Phi) is 4.57. The van der Waals surface area contributed by atoms with Crippen molar-refractivity contribution in [1.82, 2.24) is 0 Å². The van der Waals surface area contributed by atoms with Gasteiger partial charge in [0.25, 0.3) is 0 Å². The largest absolute Gasteiger partial charge is 0.0590 e. The molecule has 3 aromatic rings. The minimum absolute atomic E-state index is 0.283. The van der Waals surface area contributed by atoms with E-state index in [1.807, 2.05) is 0 Å². The Hall–Kier alpha value is -2.34. The van der Waals surface area contributed by atoms with E-state index in [0.717, 1.165) is 0 Å². The van der Waals surface area contributed by atoms with Crippen LogP contribution in [0.1, 0.15) is 50.4 Å². The van der Waals surface area contributed by atoms with Crippen LogP contribution in [0.4, 0.5) is 0 Å². The van der Waals surface area contributed by atoms with E-state index < -0.39 is 0 Å². The molecule has 0 atom stereocenters. The minimum atomic E-state index is 0.283. The van der Waals surface area contributed by atoms with Gasteiger partial charge in [0, 0.05) is 5.92 Å². The predicted octanol–water partition coefficient (Wildman–Crippen LogP) is 6.41. The Morgan fingerprint density at radius 3 is 1.38 bits per heavy atom. The first-order chi connectivity index (χ1) is 11.5. The van der Waals surface area contributed by atoms with Gasteiger partial charge in [0.05, 0.1) is 0 Å².